The highest BCUT2D eigenvalue weighted by Crippen LogP contribution is 2.29. The molecule has 0 aromatic carbocycles. The van der Waals surface area contributed by atoms with E-state index in [2.05, 4.69) is 5.32 Å². The van der Waals surface area contributed by atoms with Gasteiger partial charge in [-0.15, -0.1) is 12.4 Å². The lowest BCUT2D eigenvalue weighted by atomic mass is 10.0. The highest BCUT2D eigenvalue weighted by atomic mass is 35.5. The molecule has 0 amide bonds. The van der Waals surface area contributed by atoms with Gasteiger partial charge in [-0.1, -0.05) is 0 Å². The summed E-state index contributed by atoms with van der Waals surface area (Å²) in [7, 11) is -1.32. The van der Waals surface area contributed by atoms with Crippen molar-refractivity contribution in [1.82, 2.24) is 9.62 Å². The molecule has 2 heterocycles. The first-order chi connectivity index (χ1) is 6.47. The van der Waals surface area contributed by atoms with E-state index in [0.29, 0.717) is 12.1 Å². The van der Waals surface area contributed by atoms with Crippen LogP contribution in [0, 0.1) is 0 Å². The molecule has 2 bridgehead atoms. The van der Waals surface area contributed by atoms with Gasteiger partial charge in [-0.25, -0.2) is 12.7 Å². The maximum absolute atomic E-state index is 11.4. The summed E-state index contributed by atoms with van der Waals surface area (Å²) in [5.41, 5.74) is 0. The molecule has 0 aromatic rings. The van der Waals surface area contributed by atoms with Crippen LogP contribution in [0.15, 0.2) is 0 Å². The smallest absolute Gasteiger partial charge is 0.211 e. The minimum Gasteiger partial charge on any atom is -0.311 e. The van der Waals surface area contributed by atoms with E-state index in [1.807, 2.05) is 0 Å². The number of sulfonamides is 1. The minimum atomic E-state index is -3.02. The Morgan fingerprint density at radius 1 is 1.20 bits per heavy atom. The van der Waals surface area contributed by atoms with Gasteiger partial charge in [0.1, 0.15) is 0 Å². The highest BCUT2D eigenvalue weighted by Gasteiger charge is 2.37. The van der Waals surface area contributed by atoms with Gasteiger partial charge in [0.25, 0.3) is 0 Å². The minimum absolute atomic E-state index is 0. The number of nitrogens with one attached hydrogen (secondary N) is 1. The van der Waals surface area contributed by atoms with Crippen LogP contribution < -0.4 is 5.32 Å². The molecule has 0 radical (unpaired) electrons. The van der Waals surface area contributed by atoms with E-state index in [-0.39, 0.29) is 18.4 Å². The Kier molecular flexibility index (Phi) is 4.03. The van der Waals surface area contributed by atoms with Crippen LogP contribution in [-0.2, 0) is 10.0 Å². The average Bonchev–Trinajstić information content (AvgIpc) is 2.42. The first-order valence-electron chi connectivity index (χ1n) is 5.16. The van der Waals surface area contributed by atoms with Crippen molar-refractivity contribution >= 4 is 22.4 Å². The van der Waals surface area contributed by atoms with Gasteiger partial charge in [0.2, 0.25) is 10.0 Å². The largest absolute Gasteiger partial charge is 0.311 e. The maximum atomic E-state index is 11.4. The number of fused-ring (bicyclic) bond motifs is 2. The number of rotatable bonds is 2. The molecular formula is C9H19ClN2O2S. The molecule has 1 N–H and O–H groups in total. The predicted octanol–water partition coefficient (Wildman–Crippen LogP) is 0.583. The average molecular weight is 255 g/mol. The fourth-order valence-corrected chi connectivity index (χ4v) is 3.31. The van der Waals surface area contributed by atoms with Crippen molar-refractivity contribution in [2.75, 3.05) is 13.3 Å². The maximum Gasteiger partial charge on any atom is 0.211 e. The molecule has 2 saturated heterocycles. The SMILES string of the molecule is CN(C1CC2CCC(C1)N2)S(C)(=O)=O.Cl. The van der Waals surface area contributed by atoms with Crippen LogP contribution in [0.5, 0.6) is 0 Å². The second-order valence-electron chi connectivity index (χ2n) is 4.54. The molecule has 90 valence electrons. The Bertz CT molecular complexity index is 308. The van der Waals surface area contributed by atoms with E-state index in [4.69, 9.17) is 0 Å². The first kappa shape index (κ1) is 13.2. The molecular weight excluding hydrogens is 236 g/mol. The summed E-state index contributed by atoms with van der Waals surface area (Å²) in [5.74, 6) is 0. The van der Waals surface area contributed by atoms with Gasteiger partial charge in [0.15, 0.2) is 0 Å². The molecule has 6 heteroatoms. The third kappa shape index (κ3) is 2.84. The second kappa shape index (κ2) is 4.57. The number of halogens is 1. The molecule has 0 spiro atoms. The van der Waals surface area contributed by atoms with E-state index >= 15 is 0 Å². The van der Waals surface area contributed by atoms with Crippen LogP contribution in [0.2, 0.25) is 0 Å². The number of hydrogen-bond donors (Lipinski definition) is 1. The normalized spacial score (nSPS) is 35.3. The third-order valence-corrected chi connectivity index (χ3v) is 4.83. The standard InChI is InChI=1S/C9H18N2O2S.ClH/c1-11(14(2,12)13)9-5-7-3-4-8(6-9)10-7;/h7-10H,3-6H2,1-2H3;1H. The van der Waals surface area contributed by atoms with Crippen molar-refractivity contribution in [3.63, 3.8) is 0 Å². The van der Waals surface area contributed by atoms with Crippen LogP contribution in [0.4, 0.5) is 0 Å². The highest BCUT2D eigenvalue weighted by molar-refractivity contribution is 7.88. The van der Waals surface area contributed by atoms with Crippen molar-refractivity contribution in [3.8, 4) is 0 Å². The molecule has 2 rings (SSSR count). The fraction of sp³-hybridized carbons (Fsp3) is 1.00. The van der Waals surface area contributed by atoms with Gasteiger partial charge in [-0.05, 0) is 25.7 Å². The van der Waals surface area contributed by atoms with E-state index in [0.717, 1.165) is 12.8 Å². The van der Waals surface area contributed by atoms with Gasteiger partial charge in [0.05, 0.1) is 6.26 Å². The van der Waals surface area contributed by atoms with Crippen LogP contribution in [0.25, 0.3) is 0 Å². The van der Waals surface area contributed by atoms with Crippen LogP contribution in [0.3, 0.4) is 0 Å². The molecule has 2 aliphatic heterocycles. The van der Waals surface area contributed by atoms with Crippen molar-refractivity contribution in [2.45, 2.75) is 43.8 Å². The first-order valence-corrected chi connectivity index (χ1v) is 7.00. The lowest BCUT2D eigenvalue weighted by molar-refractivity contribution is 0.252. The Morgan fingerprint density at radius 2 is 1.67 bits per heavy atom. The van der Waals surface area contributed by atoms with Crippen molar-refractivity contribution < 1.29 is 8.42 Å². The summed E-state index contributed by atoms with van der Waals surface area (Å²) in [6, 6.07) is 1.30. The van der Waals surface area contributed by atoms with Crippen LogP contribution >= 0.6 is 12.4 Å². The molecule has 0 saturated carbocycles. The fourth-order valence-electron chi connectivity index (χ4n) is 2.59. The summed E-state index contributed by atoms with van der Waals surface area (Å²) in [6.07, 6.45) is 5.65. The van der Waals surface area contributed by atoms with E-state index in [9.17, 15) is 8.42 Å². The number of hydrogen-bond acceptors (Lipinski definition) is 3. The second-order valence-corrected chi connectivity index (χ2v) is 6.58. The Labute approximate surface area is 97.9 Å². The monoisotopic (exact) mass is 254 g/mol. The molecule has 0 aromatic heterocycles. The molecule has 2 aliphatic rings. The molecule has 15 heavy (non-hydrogen) atoms. The van der Waals surface area contributed by atoms with Crippen LogP contribution in [0.1, 0.15) is 25.7 Å². The van der Waals surface area contributed by atoms with E-state index < -0.39 is 10.0 Å². The summed E-state index contributed by atoms with van der Waals surface area (Å²) in [4.78, 5) is 0. The summed E-state index contributed by atoms with van der Waals surface area (Å²) in [5, 5.41) is 3.51. The van der Waals surface area contributed by atoms with Crippen molar-refractivity contribution in [3.05, 3.63) is 0 Å². The Morgan fingerprint density at radius 3 is 2.07 bits per heavy atom. The van der Waals surface area contributed by atoms with Crippen molar-refractivity contribution in [1.29, 1.82) is 0 Å². The molecule has 2 fully saturated rings. The van der Waals surface area contributed by atoms with Gasteiger partial charge < -0.3 is 5.32 Å². The summed E-state index contributed by atoms with van der Waals surface area (Å²) < 4.78 is 24.3. The van der Waals surface area contributed by atoms with Gasteiger partial charge >= 0.3 is 0 Å². The summed E-state index contributed by atoms with van der Waals surface area (Å²) >= 11 is 0. The van der Waals surface area contributed by atoms with Crippen LogP contribution in [-0.4, -0.2) is 44.2 Å². The van der Waals surface area contributed by atoms with Gasteiger partial charge in [0, 0.05) is 25.2 Å². The van der Waals surface area contributed by atoms with E-state index in [1.54, 1.807) is 11.4 Å². The Balaban J connectivity index is 0.00000112. The zero-order valence-corrected chi connectivity index (χ0v) is 10.8. The van der Waals surface area contributed by atoms with Gasteiger partial charge in [-0.3, -0.25) is 0 Å². The zero-order chi connectivity index (χ0) is 10.3. The Hall–Kier alpha value is 0.160. The lowest BCUT2D eigenvalue weighted by Gasteiger charge is -2.34. The van der Waals surface area contributed by atoms with E-state index in [1.165, 1.54) is 19.1 Å². The topological polar surface area (TPSA) is 49.4 Å². The molecule has 4 nitrogen and oxygen atoms in total. The van der Waals surface area contributed by atoms with Crippen molar-refractivity contribution in [2.24, 2.45) is 0 Å². The number of nitrogens with zero attached hydrogens (tertiary/aromatic N) is 1. The zero-order valence-electron chi connectivity index (χ0n) is 9.14. The number of piperidine rings is 1. The lowest BCUT2D eigenvalue weighted by Crippen LogP contribution is -2.48. The molecule has 2 atom stereocenters. The quantitative estimate of drug-likeness (QED) is 0.785. The predicted molar refractivity (Wildman–Crippen MR) is 62.8 cm³/mol. The summed E-state index contributed by atoms with van der Waals surface area (Å²) in [6.45, 7) is 0. The molecule has 2 unspecified atom stereocenters. The molecule has 0 aliphatic carbocycles. The van der Waals surface area contributed by atoms with Gasteiger partial charge in [-0.2, -0.15) is 0 Å². The third-order valence-electron chi connectivity index (χ3n) is 3.49.